The van der Waals surface area contributed by atoms with Crippen LogP contribution in [0.4, 0.5) is 10.5 Å². The van der Waals surface area contributed by atoms with Gasteiger partial charge < -0.3 is 24.5 Å². The number of fused-ring (bicyclic) bond motifs is 1. The number of amides is 2. The Labute approximate surface area is 177 Å². The van der Waals surface area contributed by atoms with Gasteiger partial charge in [0.1, 0.15) is 11.8 Å². The number of ether oxygens (including phenoxy) is 1. The molecule has 0 spiro atoms. The third-order valence-electron chi connectivity index (χ3n) is 5.17. The topological polar surface area (TPSA) is 122 Å². The number of hydrogen-bond donors (Lipinski definition) is 2. The van der Waals surface area contributed by atoms with Crippen LogP contribution in [0.2, 0.25) is 0 Å². The third-order valence-corrected chi connectivity index (χ3v) is 5.17. The van der Waals surface area contributed by atoms with E-state index in [0.717, 1.165) is 17.0 Å². The van der Waals surface area contributed by atoms with Crippen LogP contribution in [0.15, 0.2) is 59.6 Å². The molecule has 1 aliphatic rings. The molecule has 0 fully saturated rings. The average Bonchev–Trinajstić information content (AvgIpc) is 3.48. The molecule has 0 saturated heterocycles. The highest BCUT2D eigenvalue weighted by atomic mass is 16.5. The summed E-state index contributed by atoms with van der Waals surface area (Å²) in [7, 11) is 1.60. The molecule has 0 bridgehead atoms. The SMILES string of the molecule is COc1ccc(NC(=O)N2Cc3[nH]cnc3CC2c2nc(-c3ccncc3)no2)cc1. The van der Waals surface area contributed by atoms with Gasteiger partial charge in [0, 0.05) is 30.1 Å². The highest BCUT2D eigenvalue weighted by Crippen LogP contribution is 2.32. The van der Waals surface area contributed by atoms with Crippen molar-refractivity contribution >= 4 is 11.7 Å². The van der Waals surface area contributed by atoms with Crippen LogP contribution in [-0.4, -0.2) is 43.1 Å². The minimum atomic E-state index is -0.447. The average molecular weight is 417 g/mol. The van der Waals surface area contributed by atoms with Crippen molar-refractivity contribution in [2.24, 2.45) is 0 Å². The van der Waals surface area contributed by atoms with E-state index in [1.54, 1.807) is 67.1 Å². The van der Waals surface area contributed by atoms with E-state index in [1.165, 1.54) is 0 Å². The number of hydrogen-bond acceptors (Lipinski definition) is 7. The van der Waals surface area contributed by atoms with Crippen LogP contribution >= 0.6 is 0 Å². The van der Waals surface area contributed by atoms with Gasteiger partial charge in [0.05, 0.1) is 31.4 Å². The summed E-state index contributed by atoms with van der Waals surface area (Å²) < 4.78 is 10.7. The second kappa shape index (κ2) is 7.90. The fourth-order valence-corrected chi connectivity index (χ4v) is 3.53. The fourth-order valence-electron chi connectivity index (χ4n) is 3.53. The first-order valence-electron chi connectivity index (χ1n) is 9.68. The number of nitrogens with zero attached hydrogens (tertiary/aromatic N) is 5. The highest BCUT2D eigenvalue weighted by molar-refractivity contribution is 5.89. The third kappa shape index (κ3) is 3.70. The molecule has 156 valence electrons. The predicted molar refractivity (Wildman–Crippen MR) is 110 cm³/mol. The molecular weight excluding hydrogens is 398 g/mol. The fraction of sp³-hybridized carbons (Fsp3) is 0.190. The summed E-state index contributed by atoms with van der Waals surface area (Å²) in [5, 5.41) is 7.01. The summed E-state index contributed by atoms with van der Waals surface area (Å²) in [5.41, 5.74) is 3.20. The Bertz CT molecular complexity index is 1190. The Morgan fingerprint density at radius 2 is 2.03 bits per heavy atom. The molecule has 4 aromatic rings. The summed E-state index contributed by atoms with van der Waals surface area (Å²) >= 11 is 0. The number of H-pyrrole nitrogens is 1. The van der Waals surface area contributed by atoms with Crippen LogP contribution in [0, 0.1) is 0 Å². The number of carbonyl (C=O) groups excluding carboxylic acids is 1. The zero-order chi connectivity index (χ0) is 21.2. The van der Waals surface area contributed by atoms with Crippen molar-refractivity contribution in [3.63, 3.8) is 0 Å². The Kier molecular flexibility index (Phi) is 4.79. The first kappa shape index (κ1) is 18.8. The van der Waals surface area contributed by atoms with Crippen LogP contribution in [0.3, 0.4) is 0 Å². The Morgan fingerprint density at radius 1 is 1.23 bits per heavy atom. The van der Waals surface area contributed by atoms with Gasteiger partial charge in [-0.25, -0.2) is 9.78 Å². The van der Waals surface area contributed by atoms with Crippen molar-refractivity contribution in [1.82, 2.24) is 30.0 Å². The van der Waals surface area contributed by atoms with Gasteiger partial charge in [-0.3, -0.25) is 4.98 Å². The molecule has 0 radical (unpaired) electrons. The van der Waals surface area contributed by atoms with Gasteiger partial charge in [0.2, 0.25) is 11.7 Å². The maximum absolute atomic E-state index is 13.2. The molecule has 2 N–H and O–H groups in total. The molecule has 5 rings (SSSR count). The van der Waals surface area contributed by atoms with Gasteiger partial charge in [-0.1, -0.05) is 5.16 Å². The number of aromatic nitrogens is 5. The van der Waals surface area contributed by atoms with Crippen molar-refractivity contribution < 1.29 is 14.1 Å². The molecular formula is C21H19N7O3. The van der Waals surface area contributed by atoms with Gasteiger partial charge in [0.25, 0.3) is 0 Å². The number of urea groups is 1. The van der Waals surface area contributed by atoms with Crippen molar-refractivity contribution in [3.05, 3.63) is 72.4 Å². The zero-order valence-corrected chi connectivity index (χ0v) is 16.6. The second-order valence-corrected chi connectivity index (χ2v) is 7.03. The lowest BCUT2D eigenvalue weighted by atomic mass is 10.0. The first-order valence-corrected chi connectivity index (χ1v) is 9.68. The lowest BCUT2D eigenvalue weighted by molar-refractivity contribution is 0.155. The minimum absolute atomic E-state index is 0.279. The highest BCUT2D eigenvalue weighted by Gasteiger charge is 2.36. The van der Waals surface area contributed by atoms with Crippen molar-refractivity contribution in [3.8, 4) is 17.1 Å². The number of rotatable bonds is 4. The standard InChI is InChI=1S/C21H19N7O3/c1-30-15-4-2-14(3-5-15)25-21(29)28-11-17-16(23-12-24-17)10-18(28)20-26-19(27-31-20)13-6-8-22-9-7-13/h2-9,12,18H,10-11H2,1H3,(H,23,24)(H,25,29). The van der Waals surface area contributed by atoms with Crippen LogP contribution < -0.4 is 10.1 Å². The van der Waals surface area contributed by atoms with E-state index in [0.29, 0.717) is 36.1 Å². The van der Waals surface area contributed by atoms with Crippen LogP contribution in [0.5, 0.6) is 5.75 Å². The summed E-state index contributed by atoms with van der Waals surface area (Å²) in [6.07, 6.45) is 5.42. The summed E-state index contributed by atoms with van der Waals surface area (Å²) in [4.78, 5) is 30.8. The lowest BCUT2D eigenvalue weighted by Crippen LogP contribution is -2.41. The van der Waals surface area contributed by atoms with E-state index in [1.807, 2.05) is 0 Å². The zero-order valence-electron chi connectivity index (χ0n) is 16.6. The summed E-state index contributed by atoms with van der Waals surface area (Å²) in [5.74, 6) is 1.51. The number of aromatic amines is 1. The van der Waals surface area contributed by atoms with Gasteiger partial charge in [-0.05, 0) is 36.4 Å². The molecule has 10 heteroatoms. The van der Waals surface area contributed by atoms with Crippen LogP contribution in [-0.2, 0) is 13.0 Å². The van der Waals surface area contributed by atoms with E-state index < -0.39 is 6.04 Å². The molecule has 3 aromatic heterocycles. The number of carbonyl (C=O) groups is 1. The van der Waals surface area contributed by atoms with Gasteiger partial charge >= 0.3 is 6.03 Å². The van der Waals surface area contributed by atoms with E-state index in [-0.39, 0.29) is 6.03 Å². The Balaban J connectivity index is 1.43. The van der Waals surface area contributed by atoms with Crippen LogP contribution in [0.1, 0.15) is 23.3 Å². The Morgan fingerprint density at radius 3 is 2.81 bits per heavy atom. The number of benzene rings is 1. The molecule has 0 aliphatic carbocycles. The molecule has 31 heavy (non-hydrogen) atoms. The lowest BCUT2D eigenvalue weighted by Gasteiger charge is -2.32. The van der Waals surface area contributed by atoms with Crippen molar-refractivity contribution in [1.29, 1.82) is 0 Å². The van der Waals surface area contributed by atoms with Gasteiger partial charge in [0.15, 0.2) is 0 Å². The monoisotopic (exact) mass is 417 g/mol. The smallest absolute Gasteiger partial charge is 0.322 e. The second-order valence-electron chi connectivity index (χ2n) is 7.03. The number of nitrogens with one attached hydrogen (secondary N) is 2. The summed E-state index contributed by atoms with van der Waals surface area (Å²) in [6, 6.07) is 10.0. The Hall–Kier alpha value is -4.21. The molecule has 1 unspecified atom stereocenters. The number of pyridine rings is 1. The van der Waals surface area contributed by atoms with Crippen molar-refractivity contribution in [2.45, 2.75) is 19.0 Å². The van der Waals surface area contributed by atoms with E-state index in [9.17, 15) is 4.79 Å². The molecule has 1 atom stereocenters. The van der Waals surface area contributed by atoms with E-state index in [2.05, 4.69) is 30.4 Å². The number of methoxy groups -OCH3 is 1. The minimum Gasteiger partial charge on any atom is -0.497 e. The van der Waals surface area contributed by atoms with E-state index >= 15 is 0 Å². The number of anilines is 1. The molecule has 0 saturated carbocycles. The molecule has 4 heterocycles. The maximum atomic E-state index is 13.2. The number of imidazole rings is 1. The molecule has 1 aromatic carbocycles. The van der Waals surface area contributed by atoms with Crippen LogP contribution in [0.25, 0.3) is 11.4 Å². The molecule has 1 aliphatic heterocycles. The normalized spacial score (nSPS) is 15.4. The van der Waals surface area contributed by atoms with Crippen molar-refractivity contribution in [2.75, 3.05) is 12.4 Å². The summed E-state index contributed by atoms with van der Waals surface area (Å²) in [6.45, 7) is 0.342. The molecule has 10 nitrogen and oxygen atoms in total. The van der Waals surface area contributed by atoms with Gasteiger partial charge in [-0.15, -0.1) is 0 Å². The maximum Gasteiger partial charge on any atom is 0.322 e. The van der Waals surface area contributed by atoms with E-state index in [4.69, 9.17) is 9.26 Å². The van der Waals surface area contributed by atoms with Gasteiger partial charge in [-0.2, -0.15) is 4.98 Å². The predicted octanol–water partition coefficient (Wildman–Crippen LogP) is 3.19. The first-order chi connectivity index (χ1) is 15.2. The quantitative estimate of drug-likeness (QED) is 0.523. The molecule has 2 amide bonds. The largest absolute Gasteiger partial charge is 0.497 e.